The van der Waals surface area contributed by atoms with Crippen LogP contribution in [0.4, 0.5) is 4.79 Å². The smallest absolute Gasteiger partial charge is 0.435 e. The van der Waals surface area contributed by atoms with Gasteiger partial charge in [0, 0.05) is 12.3 Å². The molecule has 0 aliphatic carbocycles. The number of benzene rings is 1. The molecule has 1 amide bonds. The number of carboxylic acids is 2. The zero-order valence-electron chi connectivity index (χ0n) is 13.3. The highest BCUT2D eigenvalue weighted by Crippen LogP contribution is 2.19. The van der Waals surface area contributed by atoms with Crippen LogP contribution in [0.15, 0.2) is 24.3 Å². The van der Waals surface area contributed by atoms with Gasteiger partial charge in [-0.15, -0.1) is 0 Å². The number of fused-ring (bicyclic) bond motifs is 1. The van der Waals surface area contributed by atoms with E-state index in [4.69, 9.17) is 14.9 Å². The third-order valence-corrected chi connectivity index (χ3v) is 3.34. The van der Waals surface area contributed by atoms with Gasteiger partial charge in [0.05, 0.1) is 5.52 Å². The van der Waals surface area contributed by atoms with Crippen LogP contribution in [0.1, 0.15) is 24.3 Å². The number of hydrogen-bond donors (Lipinski definition) is 3. The minimum Gasteiger partial charge on any atom is -0.480 e. The molecule has 2 atom stereocenters. The standard InChI is InChI=1S/C15H15N3O7/c1-7(11(13(20)21)16-8(2)19)25-15(24)18-10-6-4-3-5-9(10)12(17-18)14(22)23/h3-7,11H,1-2H3,(H,16,19)(H,20,21)(H,22,23)/t7-,11-/m0/s1. The maximum absolute atomic E-state index is 12.3. The summed E-state index contributed by atoms with van der Waals surface area (Å²) in [5, 5.41) is 24.4. The molecule has 0 bridgehead atoms. The minimum absolute atomic E-state index is 0.198. The number of para-hydroxylation sites is 1. The predicted octanol–water partition coefficient (Wildman–Crippen LogP) is 0.697. The largest absolute Gasteiger partial charge is 0.480 e. The zero-order valence-corrected chi connectivity index (χ0v) is 13.3. The van der Waals surface area contributed by atoms with Crippen LogP contribution in [0.2, 0.25) is 0 Å². The summed E-state index contributed by atoms with van der Waals surface area (Å²) in [4.78, 5) is 45.8. The summed E-state index contributed by atoms with van der Waals surface area (Å²) in [5.41, 5.74) is -0.139. The number of aromatic nitrogens is 2. The van der Waals surface area contributed by atoms with Gasteiger partial charge in [0.2, 0.25) is 5.91 Å². The van der Waals surface area contributed by atoms with Crippen LogP contribution in [0.3, 0.4) is 0 Å². The second-order valence-corrected chi connectivity index (χ2v) is 5.19. The summed E-state index contributed by atoms with van der Waals surface area (Å²) in [5.74, 6) is -3.31. The Balaban J connectivity index is 2.32. The maximum Gasteiger partial charge on any atom is 0.435 e. The second kappa shape index (κ2) is 6.99. The van der Waals surface area contributed by atoms with Gasteiger partial charge in [-0.05, 0) is 13.0 Å². The fourth-order valence-electron chi connectivity index (χ4n) is 2.24. The van der Waals surface area contributed by atoms with Gasteiger partial charge in [0.1, 0.15) is 6.10 Å². The SMILES string of the molecule is CC(=O)N[C@H](C(=O)O)[C@H](C)OC(=O)n1nc(C(=O)O)c2ccccc21. The molecule has 3 N–H and O–H groups in total. The van der Waals surface area contributed by atoms with Crippen LogP contribution in [-0.2, 0) is 14.3 Å². The zero-order chi connectivity index (χ0) is 18.7. The fourth-order valence-corrected chi connectivity index (χ4v) is 2.24. The van der Waals surface area contributed by atoms with Crippen LogP contribution >= 0.6 is 0 Å². The van der Waals surface area contributed by atoms with Crippen LogP contribution in [-0.4, -0.2) is 56.1 Å². The Morgan fingerprint density at radius 2 is 1.84 bits per heavy atom. The van der Waals surface area contributed by atoms with E-state index in [1.807, 2.05) is 0 Å². The van der Waals surface area contributed by atoms with Crippen molar-refractivity contribution in [1.82, 2.24) is 15.1 Å². The van der Waals surface area contributed by atoms with Gasteiger partial charge in [-0.3, -0.25) is 4.79 Å². The summed E-state index contributed by atoms with van der Waals surface area (Å²) in [6.07, 6.45) is -2.28. The van der Waals surface area contributed by atoms with E-state index < -0.39 is 36.1 Å². The molecule has 0 unspecified atom stereocenters. The number of carbonyl (C=O) groups is 4. The lowest BCUT2D eigenvalue weighted by atomic mass is 10.2. The number of nitrogens with zero attached hydrogens (tertiary/aromatic N) is 2. The Morgan fingerprint density at radius 3 is 2.40 bits per heavy atom. The van der Waals surface area contributed by atoms with E-state index in [0.29, 0.717) is 0 Å². The average Bonchev–Trinajstić information content (AvgIpc) is 2.92. The molecule has 0 saturated carbocycles. The predicted molar refractivity (Wildman–Crippen MR) is 83.3 cm³/mol. The van der Waals surface area contributed by atoms with Crippen LogP contribution in [0.5, 0.6) is 0 Å². The number of carbonyl (C=O) groups excluding carboxylic acids is 2. The van der Waals surface area contributed by atoms with Gasteiger partial charge in [0.15, 0.2) is 11.7 Å². The normalized spacial score (nSPS) is 13.0. The van der Waals surface area contributed by atoms with Gasteiger partial charge in [-0.25, -0.2) is 14.4 Å². The van der Waals surface area contributed by atoms with Crippen molar-refractivity contribution >= 4 is 34.8 Å². The van der Waals surface area contributed by atoms with E-state index in [2.05, 4.69) is 10.4 Å². The van der Waals surface area contributed by atoms with Gasteiger partial charge >= 0.3 is 18.0 Å². The van der Waals surface area contributed by atoms with Crippen LogP contribution in [0.25, 0.3) is 10.9 Å². The lowest BCUT2D eigenvalue weighted by Gasteiger charge is -2.20. The fraction of sp³-hybridized carbons (Fsp3) is 0.267. The van der Waals surface area contributed by atoms with Crippen molar-refractivity contribution < 1.29 is 34.1 Å². The highest BCUT2D eigenvalue weighted by molar-refractivity contribution is 6.03. The highest BCUT2D eigenvalue weighted by Gasteiger charge is 2.30. The number of amides is 1. The first-order chi connectivity index (χ1) is 11.7. The number of ether oxygens (including phenoxy) is 1. The summed E-state index contributed by atoms with van der Waals surface area (Å²) in [6.45, 7) is 2.42. The molecule has 1 heterocycles. The molecule has 0 aliphatic rings. The van der Waals surface area contributed by atoms with Crippen molar-refractivity contribution in [1.29, 1.82) is 0 Å². The molecule has 0 radical (unpaired) electrons. The topological polar surface area (TPSA) is 148 Å². The molecule has 132 valence electrons. The Hall–Kier alpha value is -3.43. The lowest BCUT2D eigenvalue weighted by molar-refractivity contribution is -0.144. The van der Waals surface area contributed by atoms with Crippen LogP contribution in [0, 0.1) is 0 Å². The molecule has 10 heteroatoms. The first-order valence-corrected chi connectivity index (χ1v) is 7.14. The summed E-state index contributed by atoms with van der Waals surface area (Å²) in [6, 6.07) is 4.67. The first-order valence-electron chi connectivity index (χ1n) is 7.14. The highest BCUT2D eigenvalue weighted by atomic mass is 16.6. The average molecular weight is 349 g/mol. The van der Waals surface area contributed by atoms with Crippen molar-refractivity contribution in [3.8, 4) is 0 Å². The van der Waals surface area contributed by atoms with E-state index in [-0.39, 0.29) is 16.6 Å². The van der Waals surface area contributed by atoms with E-state index in [1.54, 1.807) is 12.1 Å². The number of rotatable bonds is 5. The van der Waals surface area contributed by atoms with E-state index >= 15 is 0 Å². The van der Waals surface area contributed by atoms with Crippen LogP contribution < -0.4 is 5.32 Å². The van der Waals surface area contributed by atoms with Gasteiger partial charge in [-0.1, -0.05) is 18.2 Å². The van der Waals surface area contributed by atoms with E-state index in [9.17, 15) is 19.2 Å². The Kier molecular flexibility index (Phi) is 5.01. The Morgan fingerprint density at radius 1 is 1.20 bits per heavy atom. The number of nitrogens with one attached hydrogen (secondary N) is 1. The third-order valence-electron chi connectivity index (χ3n) is 3.34. The van der Waals surface area contributed by atoms with Crippen molar-refractivity contribution in [2.75, 3.05) is 0 Å². The molecule has 2 rings (SSSR count). The molecule has 0 aliphatic heterocycles. The first kappa shape index (κ1) is 17.9. The molecule has 1 aromatic carbocycles. The van der Waals surface area contributed by atoms with E-state index in [0.717, 1.165) is 11.6 Å². The van der Waals surface area contributed by atoms with Crippen molar-refractivity contribution in [3.63, 3.8) is 0 Å². The Bertz CT molecular complexity index is 858. The number of hydrogen-bond acceptors (Lipinski definition) is 6. The van der Waals surface area contributed by atoms with Gasteiger partial charge in [0.25, 0.3) is 0 Å². The third kappa shape index (κ3) is 3.74. The summed E-state index contributed by atoms with van der Waals surface area (Å²) >= 11 is 0. The molecule has 0 spiro atoms. The second-order valence-electron chi connectivity index (χ2n) is 5.19. The monoisotopic (exact) mass is 349 g/mol. The Labute approximate surface area is 141 Å². The minimum atomic E-state index is -1.46. The molecule has 1 aromatic heterocycles. The van der Waals surface area contributed by atoms with Crippen molar-refractivity contribution in [3.05, 3.63) is 30.0 Å². The molecule has 25 heavy (non-hydrogen) atoms. The maximum atomic E-state index is 12.3. The summed E-state index contributed by atoms with van der Waals surface area (Å²) < 4.78 is 5.77. The molecule has 0 fully saturated rings. The molecule has 0 saturated heterocycles. The molecule has 2 aromatic rings. The molecular weight excluding hydrogens is 334 g/mol. The summed E-state index contributed by atoms with van der Waals surface area (Å²) in [7, 11) is 0. The molecular formula is C15H15N3O7. The van der Waals surface area contributed by atoms with Gasteiger partial charge in [-0.2, -0.15) is 9.78 Å². The number of aromatic carboxylic acids is 1. The van der Waals surface area contributed by atoms with Crippen molar-refractivity contribution in [2.45, 2.75) is 26.0 Å². The van der Waals surface area contributed by atoms with E-state index in [1.165, 1.54) is 19.1 Å². The molecule has 10 nitrogen and oxygen atoms in total. The van der Waals surface area contributed by atoms with Crippen molar-refractivity contribution in [2.24, 2.45) is 0 Å². The van der Waals surface area contributed by atoms with Gasteiger partial charge < -0.3 is 20.3 Å². The number of carboxylic acid groups (broad SMARTS) is 2. The quantitative estimate of drug-likeness (QED) is 0.714. The lowest BCUT2D eigenvalue weighted by Crippen LogP contribution is -2.48. The number of aliphatic carboxylic acids is 1.